The largest absolute Gasteiger partial charge is 0.507 e. The Morgan fingerprint density at radius 1 is 1.09 bits per heavy atom. The molecule has 0 radical (unpaired) electrons. The summed E-state index contributed by atoms with van der Waals surface area (Å²) in [4.78, 5) is 2.39. The van der Waals surface area contributed by atoms with Gasteiger partial charge in [0, 0.05) is 11.6 Å². The molecule has 7 heteroatoms. The molecule has 6 nitrogen and oxygen atoms in total. The molecule has 1 aliphatic heterocycles. The highest BCUT2D eigenvalue weighted by Gasteiger charge is 2.43. The lowest BCUT2D eigenvalue weighted by Gasteiger charge is -2.47. The van der Waals surface area contributed by atoms with E-state index in [9.17, 15) is 5.11 Å². The van der Waals surface area contributed by atoms with Crippen molar-refractivity contribution in [2.24, 2.45) is 0 Å². The van der Waals surface area contributed by atoms with Crippen LogP contribution in [0.2, 0.25) is 18.1 Å². The van der Waals surface area contributed by atoms with Crippen LogP contribution in [0.5, 0.6) is 11.5 Å². The smallest absolute Gasteiger partial charge is 0.194 e. The predicted octanol–water partition coefficient (Wildman–Crippen LogP) is 6.18. The molecule has 0 unspecified atom stereocenters. The number of rotatable bonds is 4. The van der Waals surface area contributed by atoms with Gasteiger partial charge in [0.05, 0.1) is 18.7 Å². The Hall–Kier alpha value is -2.12. The van der Waals surface area contributed by atoms with Crippen LogP contribution in [-0.2, 0) is 17.3 Å². The molecule has 2 heterocycles. The number of phenolic OH excluding ortho intramolecular Hbond substituents is 1. The predicted molar refractivity (Wildman–Crippen MR) is 143 cm³/mol. The number of aromatic hydroxyl groups is 1. The molecule has 0 saturated heterocycles. The fraction of sp³-hybridized carbons (Fsp3) is 0.643. The summed E-state index contributed by atoms with van der Waals surface area (Å²) in [5.74, 6) is 1.95. The number of fused-ring (bicyclic) bond motifs is 2. The first-order chi connectivity index (χ1) is 16.6. The topological polar surface area (TPSA) is 67.7 Å². The molecule has 1 saturated carbocycles. The van der Waals surface area contributed by atoms with Gasteiger partial charge in [-0.05, 0) is 73.9 Å². The summed E-state index contributed by atoms with van der Waals surface area (Å²) >= 11 is 0. The summed E-state index contributed by atoms with van der Waals surface area (Å²) in [5.41, 5.74) is 4.86. The Labute approximate surface area is 211 Å². The molecule has 35 heavy (non-hydrogen) atoms. The second kappa shape index (κ2) is 9.07. The second-order valence-corrected chi connectivity index (χ2v) is 16.9. The molecule has 5 rings (SSSR count). The third kappa shape index (κ3) is 4.46. The standard InChI is InChI=1S/C28H41N3O3Si/c1-18-16-19-10-9-11-20(19)26(32)25(18)21-17-24-27(30-29-21)31(14-15-33-24)22-12-7-8-13-23(22)34-35(5,6)28(2,3)4/h16-17,22-23,32H,7-15H2,1-6H3/t22-,23-/m1/s1. The molecule has 190 valence electrons. The zero-order chi connectivity index (χ0) is 25.0. The van der Waals surface area contributed by atoms with E-state index in [0.29, 0.717) is 18.1 Å². The number of hydrogen-bond acceptors (Lipinski definition) is 6. The summed E-state index contributed by atoms with van der Waals surface area (Å²) in [7, 11) is -1.89. The maximum Gasteiger partial charge on any atom is 0.194 e. The van der Waals surface area contributed by atoms with E-state index in [0.717, 1.165) is 66.9 Å². The summed E-state index contributed by atoms with van der Waals surface area (Å²) < 4.78 is 13.1. The molecular weight excluding hydrogens is 454 g/mol. The van der Waals surface area contributed by atoms with Crippen LogP contribution in [0, 0.1) is 6.92 Å². The molecule has 3 aliphatic rings. The van der Waals surface area contributed by atoms with Gasteiger partial charge in [0.2, 0.25) is 0 Å². The van der Waals surface area contributed by atoms with Crippen LogP contribution in [0.15, 0.2) is 12.1 Å². The molecule has 2 atom stereocenters. The lowest BCUT2D eigenvalue weighted by atomic mass is 9.91. The van der Waals surface area contributed by atoms with Gasteiger partial charge in [-0.2, -0.15) is 0 Å². The molecule has 1 aromatic heterocycles. The van der Waals surface area contributed by atoms with E-state index < -0.39 is 8.32 Å². The fourth-order valence-electron chi connectivity index (χ4n) is 5.80. The lowest BCUT2D eigenvalue weighted by Crippen LogP contribution is -2.54. The van der Waals surface area contributed by atoms with E-state index in [-0.39, 0.29) is 17.2 Å². The van der Waals surface area contributed by atoms with Crippen molar-refractivity contribution < 1.29 is 14.3 Å². The van der Waals surface area contributed by atoms with E-state index >= 15 is 0 Å². The molecule has 1 N–H and O–H groups in total. The van der Waals surface area contributed by atoms with Crippen LogP contribution in [-0.4, -0.2) is 48.9 Å². The monoisotopic (exact) mass is 495 g/mol. The number of anilines is 1. The van der Waals surface area contributed by atoms with Gasteiger partial charge in [-0.3, -0.25) is 0 Å². The number of benzene rings is 1. The maximum absolute atomic E-state index is 11.1. The summed E-state index contributed by atoms with van der Waals surface area (Å²) in [6, 6.07) is 4.47. The van der Waals surface area contributed by atoms with Crippen LogP contribution in [0.3, 0.4) is 0 Å². The Morgan fingerprint density at radius 3 is 2.63 bits per heavy atom. The third-order valence-corrected chi connectivity index (χ3v) is 13.3. The minimum Gasteiger partial charge on any atom is -0.507 e. The van der Waals surface area contributed by atoms with E-state index in [1.807, 2.05) is 13.0 Å². The van der Waals surface area contributed by atoms with Crippen molar-refractivity contribution in [3.63, 3.8) is 0 Å². The van der Waals surface area contributed by atoms with Crippen molar-refractivity contribution in [1.82, 2.24) is 10.2 Å². The molecule has 0 spiro atoms. The minimum absolute atomic E-state index is 0.183. The highest BCUT2D eigenvalue weighted by molar-refractivity contribution is 6.74. The van der Waals surface area contributed by atoms with Crippen LogP contribution < -0.4 is 9.64 Å². The molecule has 2 aliphatic carbocycles. The second-order valence-electron chi connectivity index (χ2n) is 12.1. The van der Waals surface area contributed by atoms with E-state index in [1.54, 1.807) is 0 Å². The molecule has 0 bridgehead atoms. The first kappa shape index (κ1) is 24.6. The first-order valence-corrected chi connectivity index (χ1v) is 16.3. The van der Waals surface area contributed by atoms with Crippen LogP contribution >= 0.6 is 0 Å². The van der Waals surface area contributed by atoms with Crippen LogP contribution in [0.25, 0.3) is 11.3 Å². The molecular formula is C28H41N3O3Si. The Bertz CT molecular complexity index is 1110. The number of aryl methyl sites for hydroxylation is 2. The molecule has 1 aromatic carbocycles. The minimum atomic E-state index is -1.89. The Balaban J connectivity index is 1.46. The fourth-order valence-corrected chi connectivity index (χ4v) is 7.18. The molecule has 2 aromatic rings. The van der Waals surface area contributed by atoms with E-state index in [1.165, 1.54) is 18.4 Å². The van der Waals surface area contributed by atoms with E-state index in [4.69, 9.17) is 14.3 Å². The van der Waals surface area contributed by atoms with Crippen molar-refractivity contribution in [3.05, 3.63) is 28.8 Å². The SMILES string of the molecule is Cc1cc2c(c(O)c1-c1cc3c(nn1)N([C@@H]1CCCC[C@H]1O[Si](C)(C)C(C)(C)C)CCO3)CCC2. The zero-order valence-corrected chi connectivity index (χ0v) is 23.3. The Morgan fingerprint density at radius 2 is 1.86 bits per heavy atom. The number of phenols is 1. The Kier molecular flexibility index (Phi) is 6.37. The third-order valence-electron chi connectivity index (χ3n) is 8.75. The normalized spacial score (nSPS) is 22.5. The highest BCUT2D eigenvalue weighted by atomic mass is 28.4. The average molecular weight is 496 g/mol. The highest BCUT2D eigenvalue weighted by Crippen LogP contribution is 2.44. The summed E-state index contributed by atoms with van der Waals surface area (Å²) in [5, 5.41) is 20.6. The summed E-state index contributed by atoms with van der Waals surface area (Å²) in [6.07, 6.45) is 7.90. The van der Waals surface area contributed by atoms with Crippen molar-refractivity contribution in [1.29, 1.82) is 0 Å². The lowest BCUT2D eigenvalue weighted by molar-refractivity contribution is 0.108. The van der Waals surface area contributed by atoms with Crippen LogP contribution in [0.4, 0.5) is 5.82 Å². The van der Waals surface area contributed by atoms with Crippen LogP contribution in [0.1, 0.15) is 69.6 Å². The van der Waals surface area contributed by atoms with Crippen molar-refractivity contribution >= 4 is 14.1 Å². The van der Waals surface area contributed by atoms with Gasteiger partial charge in [-0.1, -0.05) is 39.7 Å². The number of hydrogen-bond donors (Lipinski definition) is 1. The first-order valence-electron chi connectivity index (χ1n) is 13.4. The molecule has 1 fully saturated rings. The van der Waals surface area contributed by atoms with Gasteiger partial charge in [0.15, 0.2) is 19.9 Å². The number of nitrogens with zero attached hydrogens (tertiary/aromatic N) is 3. The number of ether oxygens (including phenoxy) is 1. The van der Waals surface area contributed by atoms with Crippen molar-refractivity contribution in [2.45, 2.75) is 103 Å². The number of aromatic nitrogens is 2. The van der Waals surface area contributed by atoms with Gasteiger partial charge in [-0.25, -0.2) is 0 Å². The van der Waals surface area contributed by atoms with Crippen molar-refractivity contribution in [2.75, 3.05) is 18.1 Å². The molecule has 0 amide bonds. The van der Waals surface area contributed by atoms with Crippen molar-refractivity contribution in [3.8, 4) is 22.8 Å². The zero-order valence-electron chi connectivity index (χ0n) is 22.3. The average Bonchev–Trinajstić information content (AvgIpc) is 3.27. The maximum atomic E-state index is 11.1. The van der Waals surface area contributed by atoms with Gasteiger partial charge in [0.1, 0.15) is 18.1 Å². The van der Waals surface area contributed by atoms with E-state index in [2.05, 4.69) is 49.9 Å². The van der Waals surface area contributed by atoms with Gasteiger partial charge < -0.3 is 19.2 Å². The van der Waals surface area contributed by atoms with Gasteiger partial charge in [-0.15, -0.1) is 10.2 Å². The van der Waals surface area contributed by atoms with Gasteiger partial charge in [0.25, 0.3) is 0 Å². The van der Waals surface area contributed by atoms with Gasteiger partial charge >= 0.3 is 0 Å². The summed E-state index contributed by atoms with van der Waals surface area (Å²) in [6.45, 7) is 15.1. The quantitative estimate of drug-likeness (QED) is 0.511.